The summed E-state index contributed by atoms with van der Waals surface area (Å²) in [6.07, 6.45) is -3.87. The van der Waals surface area contributed by atoms with Crippen molar-refractivity contribution >= 4 is 11.7 Å². The van der Waals surface area contributed by atoms with Crippen LogP contribution in [0.25, 0.3) is 11.1 Å². The maximum Gasteiger partial charge on any atom is 0.417 e. The van der Waals surface area contributed by atoms with Crippen LogP contribution in [0.4, 0.5) is 19.1 Å². The Morgan fingerprint density at radius 3 is 2.34 bits per heavy atom. The number of nitrogens with zero attached hydrogens (tertiary/aromatic N) is 2. The molecule has 0 aliphatic heterocycles. The average molecular weight is 397 g/mol. The Labute approximate surface area is 165 Å². The number of aryl methyl sites for hydroxylation is 1. The smallest absolute Gasteiger partial charge is 0.368 e. The molecular weight excluding hydrogens is 379 g/mol. The molecule has 1 unspecified atom stereocenters. The van der Waals surface area contributed by atoms with Crippen molar-refractivity contribution in [2.75, 3.05) is 5.73 Å². The number of aromatic nitrogens is 2. The standard InChI is InChI=1S/C22H18F3N3O/c1-12-20-18(28-21(26)27-12)10-13(11-19(20)29)14-6-2-3-7-15(14)16-8-4-5-9-17(16)22(23,24)25/h2-9,13H,10-11H2,1H3,(H2,26,27,28). The van der Waals surface area contributed by atoms with Gasteiger partial charge in [-0.2, -0.15) is 13.2 Å². The fraction of sp³-hybridized carbons (Fsp3) is 0.227. The number of fused-ring (bicyclic) bond motifs is 1. The van der Waals surface area contributed by atoms with Crippen LogP contribution in [0.5, 0.6) is 0 Å². The van der Waals surface area contributed by atoms with Crippen molar-refractivity contribution in [2.45, 2.75) is 31.9 Å². The molecule has 0 radical (unpaired) electrons. The number of rotatable bonds is 2. The molecule has 148 valence electrons. The number of nitrogen functional groups attached to an aromatic ring is 1. The summed E-state index contributed by atoms with van der Waals surface area (Å²) in [4.78, 5) is 21.1. The van der Waals surface area contributed by atoms with E-state index in [4.69, 9.17) is 5.73 Å². The molecule has 2 aromatic carbocycles. The summed E-state index contributed by atoms with van der Waals surface area (Å²) in [5, 5.41) is 0. The van der Waals surface area contributed by atoms with Gasteiger partial charge < -0.3 is 5.73 Å². The molecule has 2 N–H and O–H groups in total. The van der Waals surface area contributed by atoms with E-state index in [9.17, 15) is 18.0 Å². The van der Waals surface area contributed by atoms with Crippen molar-refractivity contribution in [3.8, 4) is 11.1 Å². The van der Waals surface area contributed by atoms with Gasteiger partial charge in [-0.3, -0.25) is 4.79 Å². The van der Waals surface area contributed by atoms with Crippen LogP contribution < -0.4 is 5.73 Å². The number of anilines is 1. The highest BCUT2D eigenvalue weighted by atomic mass is 19.4. The van der Waals surface area contributed by atoms with Gasteiger partial charge in [0.1, 0.15) is 0 Å². The summed E-state index contributed by atoms with van der Waals surface area (Å²) in [5.41, 5.74) is 7.88. The number of Topliss-reactive ketones (excluding diaryl/α,β-unsaturated/α-hetero) is 1. The van der Waals surface area contributed by atoms with Gasteiger partial charge in [-0.1, -0.05) is 42.5 Å². The minimum atomic E-state index is -4.47. The summed E-state index contributed by atoms with van der Waals surface area (Å²) in [6.45, 7) is 1.71. The fourth-order valence-corrected chi connectivity index (χ4v) is 4.08. The normalized spacial score (nSPS) is 16.6. The lowest BCUT2D eigenvalue weighted by molar-refractivity contribution is -0.137. The largest absolute Gasteiger partial charge is 0.417 e. The summed E-state index contributed by atoms with van der Waals surface area (Å²) >= 11 is 0. The Hall–Kier alpha value is -3.22. The van der Waals surface area contributed by atoms with Gasteiger partial charge in [0.05, 0.1) is 22.5 Å². The van der Waals surface area contributed by atoms with Crippen molar-refractivity contribution in [3.63, 3.8) is 0 Å². The summed E-state index contributed by atoms with van der Waals surface area (Å²) in [5.74, 6) is -0.320. The highest BCUT2D eigenvalue weighted by Gasteiger charge is 2.35. The molecule has 0 fully saturated rings. The predicted octanol–water partition coefficient (Wildman–Crippen LogP) is 4.97. The lowest BCUT2D eigenvalue weighted by Gasteiger charge is -2.26. The van der Waals surface area contributed by atoms with Crippen molar-refractivity contribution < 1.29 is 18.0 Å². The SMILES string of the molecule is Cc1nc(N)nc2c1C(=O)CC(c1ccccc1-c1ccccc1C(F)(F)F)C2. The van der Waals surface area contributed by atoms with Gasteiger partial charge in [-0.25, -0.2) is 9.97 Å². The molecule has 0 bridgehead atoms. The molecular formula is C22H18F3N3O. The molecule has 1 aliphatic carbocycles. The Bertz CT molecular complexity index is 1110. The first-order valence-corrected chi connectivity index (χ1v) is 9.17. The van der Waals surface area contributed by atoms with E-state index in [-0.39, 0.29) is 29.6 Å². The molecule has 4 nitrogen and oxygen atoms in total. The van der Waals surface area contributed by atoms with Gasteiger partial charge in [-0.15, -0.1) is 0 Å². The Kier molecular flexibility index (Phi) is 4.61. The van der Waals surface area contributed by atoms with E-state index >= 15 is 0 Å². The number of alkyl halides is 3. The number of carbonyl (C=O) groups is 1. The third-order valence-corrected chi connectivity index (χ3v) is 5.26. The van der Waals surface area contributed by atoms with E-state index < -0.39 is 11.7 Å². The second kappa shape index (κ2) is 6.99. The van der Waals surface area contributed by atoms with E-state index in [0.717, 1.165) is 6.07 Å². The first-order valence-electron chi connectivity index (χ1n) is 9.17. The average Bonchev–Trinajstić information content (AvgIpc) is 2.66. The van der Waals surface area contributed by atoms with Gasteiger partial charge in [0, 0.05) is 6.42 Å². The zero-order chi connectivity index (χ0) is 20.8. The lowest BCUT2D eigenvalue weighted by atomic mass is 9.78. The van der Waals surface area contributed by atoms with Crippen LogP contribution in [0.3, 0.4) is 0 Å². The Morgan fingerprint density at radius 2 is 1.62 bits per heavy atom. The molecule has 1 atom stereocenters. The minimum Gasteiger partial charge on any atom is -0.368 e. The van der Waals surface area contributed by atoms with E-state index in [2.05, 4.69) is 9.97 Å². The molecule has 1 aromatic heterocycles. The number of hydrogen-bond donors (Lipinski definition) is 1. The third kappa shape index (κ3) is 3.48. The highest BCUT2D eigenvalue weighted by Crippen LogP contribution is 2.42. The van der Waals surface area contributed by atoms with Crippen molar-refractivity contribution in [1.29, 1.82) is 0 Å². The molecule has 29 heavy (non-hydrogen) atoms. The molecule has 0 spiro atoms. The number of carbonyl (C=O) groups excluding carboxylic acids is 1. The number of halogens is 3. The molecule has 4 rings (SSSR count). The summed E-state index contributed by atoms with van der Waals surface area (Å²) < 4.78 is 40.7. The van der Waals surface area contributed by atoms with Crippen LogP contribution in [0.2, 0.25) is 0 Å². The van der Waals surface area contributed by atoms with Gasteiger partial charge in [0.25, 0.3) is 0 Å². The fourth-order valence-electron chi connectivity index (χ4n) is 4.08. The number of ketones is 1. The second-order valence-electron chi connectivity index (χ2n) is 7.15. The summed E-state index contributed by atoms with van der Waals surface area (Å²) in [6, 6.07) is 12.4. The van der Waals surface area contributed by atoms with Crippen molar-refractivity contribution in [3.05, 3.63) is 76.6 Å². The number of benzene rings is 2. The van der Waals surface area contributed by atoms with Crippen LogP contribution >= 0.6 is 0 Å². The van der Waals surface area contributed by atoms with Gasteiger partial charge in [0.15, 0.2) is 5.78 Å². The minimum absolute atomic E-state index is 0.0883. The van der Waals surface area contributed by atoms with E-state index in [1.54, 1.807) is 37.3 Å². The molecule has 7 heteroatoms. The second-order valence-corrected chi connectivity index (χ2v) is 7.15. The van der Waals surface area contributed by atoms with Gasteiger partial charge in [0.2, 0.25) is 5.95 Å². The van der Waals surface area contributed by atoms with Crippen molar-refractivity contribution in [1.82, 2.24) is 9.97 Å². The predicted molar refractivity (Wildman–Crippen MR) is 103 cm³/mol. The summed E-state index contributed by atoms with van der Waals surface area (Å²) in [7, 11) is 0. The third-order valence-electron chi connectivity index (χ3n) is 5.26. The topological polar surface area (TPSA) is 68.9 Å². The van der Waals surface area contributed by atoms with Crippen LogP contribution in [-0.2, 0) is 12.6 Å². The van der Waals surface area contributed by atoms with E-state index in [0.29, 0.717) is 34.5 Å². The van der Waals surface area contributed by atoms with Crippen LogP contribution in [0.15, 0.2) is 48.5 Å². The first-order chi connectivity index (χ1) is 13.8. The number of nitrogens with two attached hydrogens (primary N) is 1. The maximum absolute atomic E-state index is 13.6. The quantitative estimate of drug-likeness (QED) is 0.663. The zero-order valence-electron chi connectivity index (χ0n) is 15.6. The van der Waals surface area contributed by atoms with Crippen molar-refractivity contribution in [2.24, 2.45) is 0 Å². The molecule has 3 aromatic rings. The van der Waals surface area contributed by atoms with Gasteiger partial charge in [-0.05, 0) is 42.0 Å². The monoisotopic (exact) mass is 397 g/mol. The zero-order valence-corrected chi connectivity index (χ0v) is 15.6. The van der Waals surface area contributed by atoms with Crippen LogP contribution in [0, 0.1) is 6.92 Å². The van der Waals surface area contributed by atoms with Gasteiger partial charge >= 0.3 is 6.18 Å². The highest BCUT2D eigenvalue weighted by molar-refractivity contribution is 6.00. The maximum atomic E-state index is 13.6. The Morgan fingerprint density at radius 1 is 0.966 bits per heavy atom. The number of hydrogen-bond acceptors (Lipinski definition) is 4. The Balaban J connectivity index is 1.83. The first kappa shape index (κ1) is 19.1. The van der Waals surface area contributed by atoms with E-state index in [1.807, 2.05) is 0 Å². The van der Waals surface area contributed by atoms with Crippen LogP contribution in [0.1, 0.15) is 45.2 Å². The molecule has 0 saturated heterocycles. The van der Waals surface area contributed by atoms with Crippen LogP contribution in [-0.4, -0.2) is 15.8 Å². The molecule has 0 saturated carbocycles. The van der Waals surface area contributed by atoms with E-state index in [1.165, 1.54) is 12.1 Å². The molecule has 0 amide bonds. The molecule has 1 aliphatic rings. The lowest BCUT2D eigenvalue weighted by Crippen LogP contribution is -2.23. The molecule has 1 heterocycles.